The molecule has 2 aromatic carbocycles. The zero-order chi connectivity index (χ0) is 19.1. The smallest absolute Gasteiger partial charge is 0.253 e. The average molecular weight is 476 g/mol. The molecule has 138 valence electrons. The van der Waals surface area contributed by atoms with Crippen LogP contribution < -0.4 is 10.6 Å². The van der Waals surface area contributed by atoms with E-state index in [2.05, 4.69) is 26.6 Å². The number of anilines is 1. The number of hydrogen-bond acceptors (Lipinski definition) is 3. The maximum absolute atomic E-state index is 12.7. The van der Waals surface area contributed by atoms with E-state index in [4.69, 9.17) is 23.2 Å². The lowest BCUT2D eigenvalue weighted by molar-refractivity contribution is -0.118. The summed E-state index contributed by atoms with van der Waals surface area (Å²) in [6, 6.07) is 11.2. The van der Waals surface area contributed by atoms with E-state index in [1.54, 1.807) is 48.2 Å². The summed E-state index contributed by atoms with van der Waals surface area (Å²) in [5, 5.41) is 6.40. The first-order chi connectivity index (χ1) is 12.4. The summed E-state index contributed by atoms with van der Waals surface area (Å²) in [4.78, 5) is 25.2. The number of carbonyl (C=O) groups excluding carboxylic acids is 2. The molecule has 0 spiro atoms. The predicted octanol–water partition coefficient (Wildman–Crippen LogP) is 5.25. The molecule has 26 heavy (non-hydrogen) atoms. The van der Waals surface area contributed by atoms with Crippen molar-refractivity contribution < 1.29 is 9.59 Å². The summed E-state index contributed by atoms with van der Waals surface area (Å²) < 4.78 is 0.670. The second kappa shape index (κ2) is 10.2. The van der Waals surface area contributed by atoms with Gasteiger partial charge in [0.25, 0.3) is 5.91 Å². The van der Waals surface area contributed by atoms with Crippen LogP contribution in [0.25, 0.3) is 0 Å². The fraction of sp³-hybridized carbons (Fsp3) is 0.222. The average Bonchev–Trinajstić information content (AvgIpc) is 2.57. The van der Waals surface area contributed by atoms with E-state index in [1.165, 1.54) is 0 Å². The molecule has 0 saturated carbocycles. The summed E-state index contributed by atoms with van der Waals surface area (Å²) in [7, 11) is 0. The molecule has 2 rings (SSSR count). The minimum atomic E-state index is -0.681. The van der Waals surface area contributed by atoms with Crippen molar-refractivity contribution in [1.82, 2.24) is 5.32 Å². The van der Waals surface area contributed by atoms with Gasteiger partial charge < -0.3 is 10.6 Å². The fourth-order valence-corrected chi connectivity index (χ4v) is 3.70. The highest BCUT2D eigenvalue weighted by Gasteiger charge is 2.22. The highest BCUT2D eigenvalue weighted by Crippen LogP contribution is 2.23. The van der Waals surface area contributed by atoms with Gasteiger partial charge in [-0.25, -0.2) is 0 Å². The molecule has 0 heterocycles. The summed E-state index contributed by atoms with van der Waals surface area (Å²) >= 11 is 16.9. The zero-order valence-corrected chi connectivity index (χ0v) is 17.8. The highest BCUT2D eigenvalue weighted by atomic mass is 79.9. The molecule has 2 amide bonds. The quantitative estimate of drug-likeness (QED) is 0.575. The third kappa shape index (κ3) is 6.20. The van der Waals surface area contributed by atoms with Crippen molar-refractivity contribution in [1.29, 1.82) is 0 Å². The first kappa shape index (κ1) is 21.1. The number of hydrogen-bond donors (Lipinski definition) is 2. The Kier molecular flexibility index (Phi) is 8.28. The van der Waals surface area contributed by atoms with Gasteiger partial charge in [-0.05, 0) is 64.7 Å². The van der Waals surface area contributed by atoms with Crippen LogP contribution in [0.1, 0.15) is 16.8 Å². The van der Waals surface area contributed by atoms with Crippen molar-refractivity contribution in [3.63, 3.8) is 0 Å². The van der Waals surface area contributed by atoms with Crippen LogP contribution in [0.2, 0.25) is 10.0 Å². The first-order valence-corrected chi connectivity index (χ1v) is 10.7. The van der Waals surface area contributed by atoms with E-state index in [-0.39, 0.29) is 11.8 Å². The second-order valence-electron chi connectivity index (χ2n) is 5.43. The Morgan fingerprint density at radius 3 is 2.42 bits per heavy atom. The van der Waals surface area contributed by atoms with Gasteiger partial charge >= 0.3 is 0 Å². The molecule has 1 atom stereocenters. The molecule has 2 aromatic rings. The minimum absolute atomic E-state index is 0.317. The molecule has 0 aliphatic rings. The lowest BCUT2D eigenvalue weighted by Crippen LogP contribution is -2.44. The molecule has 0 saturated heterocycles. The molecule has 8 heteroatoms. The molecule has 0 aromatic heterocycles. The number of amides is 2. The zero-order valence-electron chi connectivity index (χ0n) is 13.9. The van der Waals surface area contributed by atoms with Crippen LogP contribution in [0, 0.1) is 0 Å². The molecule has 4 nitrogen and oxygen atoms in total. The SMILES string of the molecule is CSCC[C@H](NC(=O)c1ccccc1Br)C(=O)Nc1cc(Cl)cc(Cl)c1. The van der Waals surface area contributed by atoms with Gasteiger partial charge in [-0.1, -0.05) is 35.3 Å². The molecule has 0 unspecified atom stereocenters. The normalized spacial score (nSPS) is 11.7. The third-order valence-electron chi connectivity index (χ3n) is 3.48. The molecule has 0 aliphatic heterocycles. The van der Waals surface area contributed by atoms with Gasteiger partial charge in [0.2, 0.25) is 5.91 Å². The summed E-state index contributed by atoms with van der Waals surface area (Å²) in [5.74, 6) is 0.0885. The Morgan fingerprint density at radius 1 is 1.15 bits per heavy atom. The Labute approximate surface area is 175 Å². The van der Waals surface area contributed by atoms with Crippen LogP contribution in [0.15, 0.2) is 46.9 Å². The number of rotatable bonds is 7. The van der Waals surface area contributed by atoms with Crippen LogP contribution in [0.5, 0.6) is 0 Å². The fourth-order valence-electron chi connectivity index (χ4n) is 2.24. The van der Waals surface area contributed by atoms with E-state index in [9.17, 15) is 9.59 Å². The van der Waals surface area contributed by atoms with E-state index in [1.807, 2.05) is 12.3 Å². The highest BCUT2D eigenvalue weighted by molar-refractivity contribution is 9.10. The lowest BCUT2D eigenvalue weighted by Gasteiger charge is -2.19. The molecule has 0 fully saturated rings. The maximum atomic E-state index is 12.7. The van der Waals surface area contributed by atoms with Crippen molar-refractivity contribution in [3.05, 3.63) is 62.5 Å². The largest absolute Gasteiger partial charge is 0.340 e. The topological polar surface area (TPSA) is 58.2 Å². The molecular weight excluding hydrogens is 459 g/mol. The van der Waals surface area contributed by atoms with Crippen LogP contribution in [0.3, 0.4) is 0 Å². The van der Waals surface area contributed by atoms with Crippen molar-refractivity contribution in [2.75, 3.05) is 17.3 Å². The Bertz CT molecular complexity index is 784. The summed E-state index contributed by atoms with van der Waals surface area (Å²) in [5.41, 5.74) is 0.956. The Hall–Kier alpha value is -1.21. The van der Waals surface area contributed by atoms with Crippen molar-refractivity contribution in [2.45, 2.75) is 12.5 Å². The number of thioether (sulfide) groups is 1. The monoisotopic (exact) mass is 474 g/mol. The van der Waals surface area contributed by atoms with E-state index >= 15 is 0 Å². The third-order valence-corrected chi connectivity index (χ3v) is 5.25. The summed E-state index contributed by atoms with van der Waals surface area (Å²) in [6.07, 6.45) is 2.44. The molecule has 0 aliphatic carbocycles. The predicted molar refractivity (Wildman–Crippen MR) is 113 cm³/mol. The van der Waals surface area contributed by atoms with E-state index in [0.29, 0.717) is 32.2 Å². The van der Waals surface area contributed by atoms with Gasteiger partial charge in [-0.2, -0.15) is 11.8 Å². The van der Waals surface area contributed by atoms with Gasteiger partial charge in [0.1, 0.15) is 6.04 Å². The van der Waals surface area contributed by atoms with Gasteiger partial charge in [-0.15, -0.1) is 0 Å². The van der Waals surface area contributed by atoms with Crippen LogP contribution in [0.4, 0.5) is 5.69 Å². The first-order valence-electron chi connectivity index (χ1n) is 7.72. The number of benzene rings is 2. The molecule has 2 N–H and O–H groups in total. The van der Waals surface area contributed by atoms with Crippen molar-refractivity contribution in [3.8, 4) is 0 Å². The number of halogens is 3. The summed E-state index contributed by atoms with van der Waals surface area (Å²) in [6.45, 7) is 0. The van der Waals surface area contributed by atoms with Gasteiger partial charge in [-0.3, -0.25) is 9.59 Å². The number of carbonyl (C=O) groups is 2. The minimum Gasteiger partial charge on any atom is -0.340 e. The van der Waals surface area contributed by atoms with Gasteiger partial charge in [0, 0.05) is 20.2 Å². The number of nitrogens with one attached hydrogen (secondary N) is 2. The van der Waals surface area contributed by atoms with Gasteiger partial charge in [0.05, 0.1) is 5.56 Å². The maximum Gasteiger partial charge on any atom is 0.253 e. The molecule has 0 radical (unpaired) electrons. The molecular formula is C18H17BrCl2N2O2S. The Morgan fingerprint density at radius 2 is 1.81 bits per heavy atom. The standard InChI is InChI=1S/C18H17BrCl2N2O2S/c1-26-7-6-16(23-17(24)14-4-2-3-5-15(14)19)18(25)22-13-9-11(20)8-12(21)10-13/h2-5,8-10,16H,6-7H2,1H3,(H,22,25)(H,23,24)/t16-/m0/s1. The van der Waals surface area contributed by atoms with Crippen LogP contribution >= 0.6 is 50.9 Å². The molecule has 0 bridgehead atoms. The second-order valence-corrected chi connectivity index (χ2v) is 8.15. The van der Waals surface area contributed by atoms with Crippen LogP contribution in [-0.2, 0) is 4.79 Å². The van der Waals surface area contributed by atoms with E-state index in [0.717, 1.165) is 5.75 Å². The lowest BCUT2D eigenvalue weighted by atomic mass is 10.1. The van der Waals surface area contributed by atoms with Crippen LogP contribution in [-0.4, -0.2) is 29.9 Å². The Balaban J connectivity index is 2.13. The van der Waals surface area contributed by atoms with Crippen molar-refractivity contribution in [2.24, 2.45) is 0 Å². The van der Waals surface area contributed by atoms with Gasteiger partial charge in [0.15, 0.2) is 0 Å². The van der Waals surface area contributed by atoms with Crippen molar-refractivity contribution >= 4 is 68.4 Å². The van der Waals surface area contributed by atoms with E-state index < -0.39 is 6.04 Å².